The summed E-state index contributed by atoms with van der Waals surface area (Å²) in [5.41, 5.74) is 1.62. The molecule has 0 spiro atoms. The molecule has 1 heterocycles. The van der Waals surface area contributed by atoms with Crippen molar-refractivity contribution in [3.63, 3.8) is 0 Å². The Morgan fingerprint density at radius 3 is 2.10 bits per heavy atom. The second-order valence-corrected chi connectivity index (χ2v) is 7.02. The number of carbonyl (C=O) groups is 1. The molecular weight excluding hydrogens is 389 g/mol. The fourth-order valence-electron chi connectivity index (χ4n) is 3.52. The lowest BCUT2D eigenvalue weighted by Crippen LogP contribution is -2.47. The minimum atomic E-state index is -0.226. The van der Waals surface area contributed by atoms with E-state index < -0.39 is 0 Å². The molecule has 7 nitrogen and oxygen atoms in total. The summed E-state index contributed by atoms with van der Waals surface area (Å²) < 4.78 is 29.0. The van der Waals surface area contributed by atoms with Crippen molar-refractivity contribution >= 4 is 17.3 Å². The van der Waals surface area contributed by atoms with Gasteiger partial charge in [0.05, 0.1) is 21.3 Å². The molecule has 0 aliphatic carbocycles. The Morgan fingerprint density at radius 2 is 1.57 bits per heavy atom. The van der Waals surface area contributed by atoms with Crippen molar-refractivity contribution in [3.8, 4) is 17.2 Å². The van der Waals surface area contributed by atoms with Crippen LogP contribution in [0, 0.1) is 5.82 Å². The Bertz CT molecular complexity index is 827. The summed E-state index contributed by atoms with van der Waals surface area (Å²) in [6.45, 7) is 4.08. The van der Waals surface area contributed by atoms with E-state index in [0.29, 0.717) is 35.9 Å². The maximum atomic E-state index is 13.1. The van der Waals surface area contributed by atoms with E-state index in [4.69, 9.17) is 14.2 Å². The lowest BCUT2D eigenvalue weighted by molar-refractivity contribution is -0.116. The number of anilines is 2. The number of hydrogen-bond donors (Lipinski definition) is 1. The largest absolute Gasteiger partial charge is 0.493 e. The summed E-state index contributed by atoms with van der Waals surface area (Å²) in [6.07, 6.45) is 0.382. The topological polar surface area (TPSA) is 63.3 Å². The first kappa shape index (κ1) is 21.7. The minimum absolute atomic E-state index is 0.0785. The van der Waals surface area contributed by atoms with Gasteiger partial charge in [-0.25, -0.2) is 4.39 Å². The summed E-state index contributed by atoms with van der Waals surface area (Å²) in [5.74, 6) is 1.16. The quantitative estimate of drug-likeness (QED) is 0.713. The monoisotopic (exact) mass is 417 g/mol. The number of piperazine rings is 1. The van der Waals surface area contributed by atoms with E-state index >= 15 is 0 Å². The Hall–Kier alpha value is -3.00. The molecule has 3 rings (SSSR count). The van der Waals surface area contributed by atoms with Crippen molar-refractivity contribution in [1.29, 1.82) is 0 Å². The molecule has 30 heavy (non-hydrogen) atoms. The molecule has 1 N–H and O–H groups in total. The lowest BCUT2D eigenvalue weighted by atomic mass is 10.2. The van der Waals surface area contributed by atoms with E-state index in [-0.39, 0.29) is 11.7 Å². The molecule has 0 unspecified atom stereocenters. The molecule has 0 bridgehead atoms. The van der Waals surface area contributed by atoms with Gasteiger partial charge in [0.2, 0.25) is 11.7 Å². The highest BCUT2D eigenvalue weighted by molar-refractivity contribution is 5.91. The molecule has 2 aromatic carbocycles. The molecule has 0 aromatic heterocycles. The van der Waals surface area contributed by atoms with Gasteiger partial charge in [0.15, 0.2) is 11.5 Å². The zero-order valence-electron chi connectivity index (χ0n) is 17.6. The third-order valence-corrected chi connectivity index (χ3v) is 5.17. The predicted molar refractivity (Wildman–Crippen MR) is 114 cm³/mol. The third kappa shape index (κ3) is 5.33. The second-order valence-electron chi connectivity index (χ2n) is 7.02. The Labute approximate surface area is 176 Å². The molecule has 0 saturated carbocycles. The van der Waals surface area contributed by atoms with E-state index in [0.717, 1.165) is 31.9 Å². The molecule has 1 aliphatic heterocycles. The molecule has 1 amide bonds. The molecular formula is C22H28FN3O4. The second kappa shape index (κ2) is 10.2. The van der Waals surface area contributed by atoms with E-state index in [1.807, 2.05) is 0 Å². The average Bonchev–Trinajstić information content (AvgIpc) is 2.78. The van der Waals surface area contributed by atoms with Crippen molar-refractivity contribution in [2.24, 2.45) is 0 Å². The van der Waals surface area contributed by atoms with Crippen LogP contribution in [0.5, 0.6) is 17.2 Å². The van der Waals surface area contributed by atoms with E-state index in [2.05, 4.69) is 15.1 Å². The number of hydrogen-bond acceptors (Lipinski definition) is 6. The molecule has 0 atom stereocenters. The van der Waals surface area contributed by atoms with Crippen LogP contribution in [0.4, 0.5) is 15.8 Å². The smallest absolute Gasteiger partial charge is 0.225 e. The van der Waals surface area contributed by atoms with Gasteiger partial charge in [-0.3, -0.25) is 9.69 Å². The van der Waals surface area contributed by atoms with Crippen LogP contribution in [0.3, 0.4) is 0 Å². The van der Waals surface area contributed by atoms with Gasteiger partial charge in [0, 0.05) is 62.7 Å². The number of halogens is 1. The molecule has 1 aliphatic rings. The molecule has 1 fully saturated rings. The molecule has 162 valence electrons. The number of nitrogens with one attached hydrogen (secondary N) is 1. The van der Waals surface area contributed by atoms with Gasteiger partial charge >= 0.3 is 0 Å². The van der Waals surface area contributed by atoms with Crippen molar-refractivity contribution in [1.82, 2.24) is 4.90 Å². The Balaban J connectivity index is 1.49. The van der Waals surface area contributed by atoms with Crippen molar-refractivity contribution in [2.45, 2.75) is 6.42 Å². The number of carbonyl (C=O) groups excluding carboxylic acids is 1. The summed E-state index contributed by atoms with van der Waals surface area (Å²) in [4.78, 5) is 16.9. The molecule has 0 radical (unpaired) electrons. The maximum absolute atomic E-state index is 13.1. The van der Waals surface area contributed by atoms with Crippen molar-refractivity contribution in [2.75, 3.05) is 64.3 Å². The fraction of sp³-hybridized carbons (Fsp3) is 0.409. The number of rotatable bonds is 8. The summed E-state index contributed by atoms with van der Waals surface area (Å²) >= 11 is 0. The average molecular weight is 417 g/mol. The van der Waals surface area contributed by atoms with Crippen LogP contribution in [0.1, 0.15) is 6.42 Å². The number of amides is 1. The van der Waals surface area contributed by atoms with E-state index in [1.165, 1.54) is 33.5 Å². The highest BCUT2D eigenvalue weighted by atomic mass is 19.1. The maximum Gasteiger partial charge on any atom is 0.225 e. The van der Waals surface area contributed by atoms with Crippen LogP contribution < -0.4 is 24.4 Å². The highest BCUT2D eigenvalue weighted by Gasteiger charge is 2.19. The summed E-state index contributed by atoms with van der Waals surface area (Å²) in [7, 11) is 4.61. The van der Waals surface area contributed by atoms with Crippen molar-refractivity contribution in [3.05, 3.63) is 42.2 Å². The first-order valence-corrected chi connectivity index (χ1v) is 9.86. The number of benzene rings is 2. The minimum Gasteiger partial charge on any atom is -0.493 e. The molecule has 8 heteroatoms. The van der Waals surface area contributed by atoms with Gasteiger partial charge in [-0.05, 0) is 24.3 Å². The van der Waals surface area contributed by atoms with E-state index in [1.54, 1.807) is 24.3 Å². The van der Waals surface area contributed by atoms with Crippen LogP contribution in [-0.4, -0.2) is 64.9 Å². The van der Waals surface area contributed by atoms with Crippen LogP contribution in [0.15, 0.2) is 36.4 Å². The van der Waals surface area contributed by atoms with E-state index in [9.17, 15) is 9.18 Å². The Kier molecular flexibility index (Phi) is 7.35. The summed E-state index contributed by atoms with van der Waals surface area (Å²) in [5, 5.41) is 2.90. The van der Waals surface area contributed by atoms with Gasteiger partial charge in [0.1, 0.15) is 5.82 Å². The summed E-state index contributed by atoms with van der Waals surface area (Å²) in [6, 6.07) is 9.98. The first-order valence-electron chi connectivity index (χ1n) is 9.86. The zero-order chi connectivity index (χ0) is 21.5. The zero-order valence-corrected chi connectivity index (χ0v) is 17.6. The number of methoxy groups -OCH3 is 3. The van der Waals surface area contributed by atoms with Gasteiger partial charge < -0.3 is 24.4 Å². The normalized spacial score (nSPS) is 14.3. The van der Waals surface area contributed by atoms with Gasteiger partial charge in [-0.15, -0.1) is 0 Å². The lowest BCUT2D eigenvalue weighted by Gasteiger charge is -2.36. The molecule has 1 saturated heterocycles. The van der Waals surface area contributed by atoms with Crippen LogP contribution in [0.25, 0.3) is 0 Å². The van der Waals surface area contributed by atoms with Crippen LogP contribution in [0.2, 0.25) is 0 Å². The van der Waals surface area contributed by atoms with Crippen molar-refractivity contribution < 1.29 is 23.4 Å². The van der Waals surface area contributed by atoms with Gasteiger partial charge in [0.25, 0.3) is 0 Å². The highest BCUT2D eigenvalue weighted by Crippen LogP contribution is 2.39. The van der Waals surface area contributed by atoms with Gasteiger partial charge in [-0.2, -0.15) is 0 Å². The SMILES string of the molecule is COc1cc(NC(=O)CCN2CCN(c3ccc(F)cc3)CC2)cc(OC)c1OC. The van der Waals surface area contributed by atoms with Gasteiger partial charge in [-0.1, -0.05) is 0 Å². The molecule has 2 aromatic rings. The number of ether oxygens (including phenoxy) is 3. The van der Waals surface area contributed by atoms with Crippen LogP contribution in [-0.2, 0) is 4.79 Å². The Morgan fingerprint density at radius 1 is 0.967 bits per heavy atom. The standard InChI is InChI=1S/C22H28FN3O4/c1-28-19-14-17(15-20(29-2)22(19)30-3)24-21(27)8-9-25-10-12-26(13-11-25)18-6-4-16(23)5-7-18/h4-7,14-15H,8-13H2,1-3H3,(H,24,27). The number of nitrogens with zero attached hydrogens (tertiary/aromatic N) is 2. The first-order chi connectivity index (χ1) is 14.5. The predicted octanol–water partition coefficient (Wildman–Crippen LogP) is 3.00. The third-order valence-electron chi connectivity index (χ3n) is 5.17. The van der Waals surface area contributed by atoms with Crippen LogP contribution >= 0.6 is 0 Å². The fourth-order valence-corrected chi connectivity index (χ4v) is 3.52.